The average molecular weight is 324 g/mol. The molecule has 0 atom stereocenters. The van der Waals surface area contributed by atoms with Crippen LogP contribution in [0, 0.1) is 11.3 Å². The fourth-order valence-corrected chi connectivity index (χ4v) is 3.55. The molecule has 0 aromatic heterocycles. The minimum atomic E-state index is -0.813. The molecule has 0 unspecified atom stereocenters. The normalized spacial score (nSPS) is 28.2. The van der Waals surface area contributed by atoms with Crippen molar-refractivity contribution >= 4 is 17.8 Å². The molecule has 4 amide bonds. The van der Waals surface area contributed by atoms with Crippen LogP contribution in [-0.2, 0) is 9.59 Å². The highest BCUT2D eigenvalue weighted by Gasteiger charge is 2.53. The number of hydrogen-bond acceptors (Lipinski definition) is 4. The topological polar surface area (TPSA) is 105 Å². The van der Waals surface area contributed by atoms with Gasteiger partial charge in [0.05, 0.1) is 0 Å². The van der Waals surface area contributed by atoms with Crippen molar-refractivity contribution in [2.45, 2.75) is 52.0 Å². The Morgan fingerprint density at radius 3 is 2.48 bits per heavy atom. The first-order chi connectivity index (χ1) is 10.7. The van der Waals surface area contributed by atoms with Gasteiger partial charge in [0.2, 0.25) is 5.91 Å². The van der Waals surface area contributed by atoms with Crippen LogP contribution in [-0.4, -0.2) is 47.9 Å². The highest BCUT2D eigenvalue weighted by atomic mass is 16.2. The first-order valence-corrected chi connectivity index (χ1v) is 8.30. The number of nitrogens with zero attached hydrogens (tertiary/aromatic N) is 1. The van der Waals surface area contributed by atoms with Crippen LogP contribution in [0.15, 0.2) is 0 Å². The van der Waals surface area contributed by atoms with Crippen LogP contribution >= 0.6 is 0 Å². The fourth-order valence-electron chi connectivity index (χ4n) is 3.55. The van der Waals surface area contributed by atoms with E-state index in [9.17, 15) is 14.4 Å². The van der Waals surface area contributed by atoms with Crippen LogP contribution in [0.3, 0.4) is 0 Å². The van der Waals surface area contributed by atoms with Gasteiger partial charge < -0.3 is 16.4 Å². The molecule has 1 saturated carbocycles. The number of nitrogens with two attached hydrogens (primary N) is 1. The second-order valence-electron chi connectivity index (χ2n) is 7.68. The summed E-state index contributed by atoms with van der Waals surface area (Å²) in [5.74, 6) is -0.0862. The van der Waals surface area contributed by atoms with Gasteiger partial charge in [0, 0.05) is 13.1 Å². The van der Waals surface area contributed by atoms with E-state index in [1.54, 1.807) is 0 Å². The van der Waals surface area contributed by atoms with E-state index in [1.807, 2.05) is 0 Å². The molecule has 2 rings (SSSR count). The number of hydrogen-bond donors (Lipinski definition) is 3. The minimum absolute atomic E-state index is 0.203. The highest BCUT2D eigenvalue weighted by Crippen LogP contribution is 2.43. The number of imide groups is 1. The molecular weight excluding hydrogens is 296 g/mol. The standard InChI is InChI=1S/C16H28N4O3/c1-15(2,3)11-4-6-16(7-5-11)13(22)20(14(23)19-16)10-12(21)18-9-8-17/h11H,4-10,17H2,1-3H3,(H,18,21)(H,19,23). The monoisotopic (exact) mass is 324 g/mol. The third-order valence-corrected chi connectivity index (χ3v) is 5.08. The van der Waals surface area contributed by atoms with Gasteiger partial charge in [-0.25, -0.2) is 4.79 Å². The summed E-state index contributed by atoms with van der Waals surface area (Å²) in [6.07, 6.45) is 3.09. The Bertz CT molecular complexity index is 490. The molecule has 2 aliphatic rings. The van der Waals surface area contributed by atoms with E-state index < -0.39 is 11.6 Å². The van der Waals surface area contributed by atoms with Crippen molar-refractivity contribution in [2.75, 3.05) is 19.6 Å². The van der Waals surface area contributed by atoms with E-state index in [0.29, 0.717) is 31.8 Å². The molecule has 1 heterocycles. The van der Waals surface area contributed by atoms with E-state index in [-0.39, 0.29) is 23.8 Å². The van der Waals surface area contributed by atoms with Crippen LogP contribution in [0.25, 0.3) is 0 Å². The van der Waals surface area contributed by atoms with Gasteiger partial charge in [-0.2, -0.15) is 0 Å². The second-order valence-corrected chi connectivity index (χ2v) is 7.68. The zero-order valence-electron chi connectivity index (χ0n) is 14.3. The van der Waals surface area contributed by atoms with Crippen LogP contribution in [0.5, 0.6) is 0 Å². The molecule has 1 aliphatic heterocycles. The molecule has 23 heavy (non-hydrogen) atoms. The Morgan fingerprint density at radius 1 is 1.35 bits per heavy atom. The molecule has 1 spiro atoms. The Kier molecular flexibility index (Phi) is 4.98. The largest absolute Gasteiger partial charge is 0.353 e. The predicted octanol–water partition coefficient (Wildman–Crippen LogP) is 0.588. The van der Waals surface area contributed by atoms with E-state index in [4.69, 9.17) is 5.73 Å². The van der Waals surface area contributed by atoms with E-state index in [0.717, 1.165) is 17.7 Å². The minimum Gasteiger partial charge on any atom is -0.353 e. The van der Waals surface area contributed by atoms with Crippen molar-refractivity contribution in [2.24, 2.45) is 17.1 Å². The molecule has 0 radical (unpaired) electrons. The highest BCUT2D eigenvalue weighted by molar-refractivity contribution is 6.09. The molecule has 0 aromatic rings. The third-order valence-electron chi connectivity index (χ3n) is 5.08. The Balaban J connectivity index is 2.00. The first kappa shape index (κ1) is 17.7. The molecule has 130 valence electrons. The molecule has 0 aromatic carbocycles. The van der Waals surface area contributed by atoms with Gasteiger partial charge in [0.25, 0.3) is 5.91 Å². The summed E-state index contributed by atoms with van der Waals surface area (Å²) in [7, 11) is 0. The van der Waals surface area contributed by atoms with Crippen molar-refractivity contribution in [3.05, 3.63) is 0 Å². The van der Waals surface area contributed by atoms with E-state index in [2.05, 4.69) is 31.4 Å². The molecule has 0 bridgehead atoms. The van der Waals surface area contributed by atoms with Crippen molar-refractivity contribution < 1.29 is 14.4 Å². The first-order valence-electron chi connectivity index (χ1n) is 8.30. The Hall–Kier alpha value is -1.63. The molecule has 4 N–H and O–H groups in total. The quantitative estimate of drug-likeness (QED) is 0.658. The van der Waals surface area contributed by atoms with Crippen LogP contribution in [0.1, 0.15) is 46.5 Å². The summed E-state index contributed by atoms with van der Waals surface area (Å²) in [6.45, 7) is 7.04. The third kappa shape index (κ3) is 3.65. The lowest BCUT2D eigenvalue weighted by molar-refractivity contribution is -0.136. The number of carbonyl (C=O) groups excluding carboxylic acids is 3. The number of rotatable bonds is 4. The molecule has 1 aliphatic carbocycles. The van der Waals surface area contributed by atoms with Crippen LogP contribution < -0.4 is 16.4 Å². The summed E-state index contributed by atoms with van der Waals surface area (Å²) in [5, 5.41) is 5.42. The number of amides is 4. The maximum absolute atomic E-state index is 12.7. The molecule has 7 heteroatoms. The zero-order valence-corrected chi connectivity index (χ0v) is 14.3. The summed E-state index contributed by atoms with van der Waals surface area (Å²) >= 11 is 0. The second kappa shape index (κ2) is 6.47. The fraction of sp³-hybridized carbons (Fsp3) is 0.812. The lowest BCUT2D eigenvalue weighted by atomic mass is 9.67. The van der Waals surface area contributed by atoms with Gasteiger partial charge >= 0.3 is 6.03 Å². The van der Waals surface area contributed by atoms with Crippen molar-refractivity contribution in [3.63, 3.8) is 0 Å². The van der Waals surface area contributed by atoms with E-state index >= 15 is 0 Å². The van der Waals surface area contributed by atoms with Gasteiger partial charge in [-0.05, 0) is 37.0 Å². The summed E-state index contributed by atoms with van der Waals surface area (Å²) in [4.78, 5) is 37.6. The SMILES string of the molecule is CC(C)(C)C1CCC2(CC1)NC(=O)N(CC(=O)NCCN)C2=O. The number of carbonyl (C=O) groups is 3. The lowest BCUT2D eigenvalue weighted by Crippen LogP contribution is -2.51. The van der Waals surface area contributed by atoms with Gasteiger partial charge in [0.15, 0.2) is 0 Å². The van der Waals surface area contributed by atoms with Crippen LogP contribution in [0.4, 0.5) is 4.79 Å². The molecule has 2 fully saturated rings. The Morgan fingerprint density at radius 2 is 1.96 bits per heavy atom. The van der Waals surface area contributed by atoms with Gasteiger partial charge in [0.1, 0.15) is 12.1 Å². The maximum Gasteiger partial charge on any atom is 0.325 e. The summed E-state index contributed by atoms with van der Waals surface area (Å²) < 4.78 is 0. The smallest absolute Gasteiger partial charge is 0.325 e. The van der Waals surface area contributed by atoms with Gasteiger partial charge in [-0.15, -0.1) is 0 Å². The molecule has 1 saturated heterocycles. The van der Waals surface area contributed by atoms with Gasteiger partial charge in [-0.3, -0.25) is 14.5 Å². The Labute approximate surface area is 137 Å². The number of urea groups is 1. The number of nitrogens with one attached hydrogen (secondary N) is 2. The van der Waals surface area contributed by atoms with Crippen molar-refractivity contribution in [3.8, 4) is 0 Å². The average Bonchev–Trinajstić information content (AvgIpc) is 2.69. The maximum atomic E-state index is 12.7. The molecular formula is C16H28N4O3. The zero-order chi connectivity index (χ0) is 17.3. The van der Waals surface area contributed by atoms with Gasteiger partial charge in [-0.1, -0.05) is 20.8 Å². The van der Waals surface area contributed by atoms with Crippen molar-refractivity contribution in [1.29, 1.82) is 0 Å². The molecule has 7 nitrogen and oxygen atoms in total. The van der Waals surface area contributed by atoms with Crippen LogP contribution in [0.2, 0.25) is 0 Å². The summed E-state index contributed by atoms with van der Waals surface area (Å²) in [6, 6.07) is -0.466. The summed E-state index contributed by atoms with van der Waals surface area (Å²) in [5.41, 5.74) is 4.72. The predicted molar refractivity (Wildman–Crippen MR) is 86.5 cm³/mol. The van der Waals surface area contributed by atoms with Crippen molar-refractivity contribution in [1.82, 2.24) is 15.5 Å². The lowest BCUT2D eigenvalue weighted by Gasteiger charge is -2.40. The van der Waals surface area contributed by atoms with E-state index in [1.165, 1.54) is 0 Å².